The first kappa shape index (κ1) is 28.5. The number of hydrogen-bond donors (Lipinski definition) is 2. The van der Waals surface area contributed by atoms with Gasteiger partial charge in [-0.25, -0.2) is 9.22 Å². The quantitative estimate of drug-likeness (QED) is 0.307. The van der Waals surface area contributed by atoms with Gasteiger partial charge in [0.2, 0.25) is 11.3 Å². The maximum absolute atomic E-state index is 12.4. The van der Waals surface area contributed by atoms with Gasteiger partial charge in [-0.1, -0.05) is 17.9 Å². The Hall–Kier alpha value is -3.53. The number of piperazine rings is 1. The topological polar surface area (TPSA) is 116 Å². The van der Waals surface area contributed by atoms with Crippen molar-refractivity contribution in [3.05, 3.63) is 76.1 Å². The van der Waals surface area contributed by atoms with Crippen LogP contribution in [0.4, 0.5) is 5.69 Å². The average molecular weight is 553 g/mol. The lowest BCUT2D eigenvalue weighted by Gasteiger charge is -2.41. The number of nitrogens with zero attached hydrogens (tertiary/aromatic N) is 4. The van der Waals surface area contributed by atoms with Gasteiger partial charge in [0.1, 0.15) is 0 Å². The van der Waals surface area contributed by atoms with Crippen LogP contribution in [0.5, 0.6) is 0 Å². The van der Waals surface area contributed by atoms with Gasteiger partial charge in [-0.3, -0.25) is 14.1 Å². The predicted molar refractivity (Wildman–Crippen MR) is 151 cm³/mol. The van der Waals surface area contributed by atoms with Crippen LogP contribution in [0.25, 0.3) is 10.9 Å². The van der Waals surface area contributed by atoms with Crippen LogP contribution in [-0.2, 0) is 27.3 Å². The number of hydrogen-bond acceptors (Lipinski definition) is 6. The summed E-state index contributed by atoms with van der Waals surface area (Å²) in [5.41, 5.74) is 3.42. The zero-order valence-electron chi connectivity index (χ0n) is 21.9. The van der Waals surface area contributed by atoms with E-state index in [1.54, 1.807) is 29.7 Å². The molecule has 11 heteroatoms. The molecular weight excluding hydrogens is 520 g/mol. The first-order chi connectivity index (χ1) is 18.8. The molecular formula is C28H32N4O6S. The number of aliphatic carboxylic acids is 1. The Morgan fingerprint density at radius 3 is 2.33 bits per heavy atom. The minimum Gasteiger partial charge on any atom is -0.481 e. The van der Waals surface area contributed by atoms with Gasteiger partial charge in [0.05, 0.1) is 18.5 Å². The maximum Gasteiger partial charge on any atom is 0.305 e. The van der Waals surface area contributed by atoms with Crippen LogP contribution in [0.15, 0.2) is 59.4 Å². The molecule has 4 rings (SSSR count). The van der Waals surface area contributed by atoms with E-state index in [0.29, 0.717) is 39.3 Å². The van der Waals surface area contributed by atoms with Crippen molar-refractivity contribution in [3.8, 4) is 11.8 Å². The lowest BCUT2D eigenvalue weighted by atomic mass is 10.1. The molecule has 1 aromatic heterocycles. The molecule has 0 aliphatic carbocycles. The highest BCUT2D eigenvalue weighted by Crippen LogP contribution is 2.20. The van der Waals surface area contributed by atoms with E-state index in [1.807, 2.05) is 48.5 Å². The number of ether oxygens (including phenoxy) is 1. The molecule has 1 fully saturated rings. The summed E-state index contributed by atoms with van der Waals surface area (Å²) < 4.78 is 29.7. The molecule has 0 amide bonds. The first-order valence-electron chi connectivity index (χ1n) is 12.6. The number of aromatic nitrogens is 1. The molecule has 206 valence electrons. The van der Waals surface area contributed by atoms with Crippen LogP contribution >= 0.6 is 0 Å². The van der Waals surface area contributed by atoms with Crippen LogP contribution in [0.2, 0.25) is 0 Å². The predicted octanol–water partition coefficient (Wildman–Crippen LogP) is 2.39. The van der Waals surface area contributed by atoms with Gasteiger partial charge >= 0.3 is 5.97 Å². The smallest absolute Gasteiger partial charge is 0.305 e. The molecule has 2 N–H and O–H groups in total. The van der Waals surface area contributed by atoms with Crippen molar-refractivity contribution in [2.24, 2.45) is 0 Å². The monoisotopic (exact) mass is 552 g/mol. The maximum atomic E-state index is 12.4. The standard InChI is InChI=1S/C28H32N4O6S/c1-21(19-28(34)35)32(39(36)37)30-15-13-29(14-16-30)25-10-6-22(7-11-25)3-4-23-5-8-24-9-12-27(33)31(17-18-38-2)26(24)20-23/h5-12,20-21H,13-19H2,1-2H3,(H,34,35)(H,36,37). The van der Waals surface area contributed by atoms with Gasteiger partial charge in [-0.2, -0.15) is 0 Å². The SMILES string of the molecule is COCCn1c(=O)ccc2ccc(C#Cc3ccc(N4CCN(N(C(C)CC(=O)O)S(=O)O)CC4)cc3)cc21. The normalized spacial score (nSPS) is 15.6. The molecule has 2 unspecified atom stereocenters. The van der Waals surface area contributed by atoms with Crippen molar-refractivity contribution in [3.63, 3.8) is 0 Å². The van der Waals surface area contributed by atoms with Crippen molar-refractivity contribution in [2.45, 2.75) is 25.9 Å². The van der Waals surface area contributed by atoms with E-state index in [4.69, 9.17) is 9.84 Å². The molecule has 2 aromatic carbocycles. The highest BCUT2D eigenvalue weighted by atomic mass is 32.2. The Labute approximate surface area is 229 Å². The fourth-order valence-corrected chi connectivity index (χ4v) is 5.44. The molecule has 0 saturated carbocycles. The van der Waals surface area contributed by atoms with Gasteiger partial charge < -0.3 is 19.3 Å². The van der Waals surface area contributed by atoms with Crippen LogP contribution in [-0.4, -0.2) is 79.8 Å². The summed E-state index contributed by atoms with van der Waals surface area (Å²) in [5, 5.41) is 11.8. The number of carboxylic acid groups (broad SMARTS) is 1. The molecule has 1 saturated heterocycles. The number of benzene rings is 2. The van der Waals surface area contributed by atoms with Crippen molar-refractivity contribution in [1.29, 1.82) is 0 Å². The van der Waals surface area contributed by atoms with E-state index in [2.05, 4.69) is 16.7 Å². The Balaban J connectivity index is 1.42. The van der Waals surface area contributed by atoms with Gasteiger partial charge in [-0.15, -0.1) is 4.41 Å². The zero-order chi connectivity index (χ0) is 27.9. The second-order valence-corrected chi connectivity index (χ2v) is 10.1. The summed E-state index contributed by atoms with van der Waals surface area (Å²) in [4.78, 5) is 25.6. The minimum absolute atomic E-state index is 0.0758. The van der Waals surface area contributed by atoms with Crippen molar-refractivity contribution < 1.29 is 23.4 Å². The summed E-state index contributed by atoms with van der Waals surface area (Å²) in [5.74, 6) is 5.37. The van der Waals surface area contributed by atoms with E-state index in [-0.39, 0.29) is 12.0 Å². The van der Waals surface area contributed by atoms with E-state index in [1.165, 1.54) is 4.41 Å². The Kier molecular flexibility index (Phi) is 9.50. The summed E-state index contributed by atoms with van der Waals surface area (Å²) in [6.45, 7) is 4.79. The highest BCUT2D eigenvalue weighted by molar-refractivity contribution is 7.76. The lowest BCUT2D eigenvalue weighted by molar-refractivity contribution is -0.139. The number of carboxylic acids is 1. The lowest BCUT2D eigenvalue weighted by Crippen LogP contribution is -2.57. The number of anilines is 1. The molecule has 0 bridgehead atoms. The molecule has 10 nitrogen and oxygen atoms in total. The fraction of sp³-hybridized carbons (Fsp3) is 0.357. The van der Waals surface area contributed by atoms with Gasteiger partial charge in [0.25, 0.3) is 5.56 Å². The van der Waals surface area contributed by atoms with Crippen LogP contribution in [0.1, 0.15) is 24.5 Å². The van der Waals surface area contributed by atoms with E-state index >= 15 is 0 Å². The number of pyridine rings is 1. The summed E-state index contributed by atoms with van der Waals surface area (Å²) in [7, 11) is 1.61. The van der Waals surface area contributed by atoms with E-state index < -0.39 is 23.3 Å². The third-order valence-electron chi connectivity index (χ3n) is 6.64. The fourth-order valence-electron chi connectivity index (χ4n) is 4.69. The summed E-state index contributed by atoms with van der Waals surface area (Å²) in [6.07, 6.45) is -0.221. The van der Waals surface area contributed by atoms with Gasteiger partial charge in [0, 0.05) is 68.8 Å². The Morgan fingerprint density at radius 2 is 1.69 bits per heavy atom. The summed E-state index contributed by atoms with van der Waals surface area (Å²) in [6, 6.07) is 16.5. The van der Waals surface area contributed by atoms with Crippen molar-refractivity contribution in [2.75, 3.05) is 44.8 Å². The Morgan fingerprint density at radius 1 is 1.05 bits per heavy atom. The molecule has 1 aliphatic heterocycles. The van der Waals surface area contributed by atoms with Gasteiger partial charge in [0.15, 0.2) is 0 Å². The third kappa shape index (κ3) is 7.11. The number of methoxy groups -OCH3 is 1. The molecule has 0 spiro atoms. The van der Waals surface area contributed by atoms with Crippen LogP contribution in [0.3, 0.4) is 0 Å². The van der Waals surface area contributed by atoms with Crippen LogP contribution in [0, 0.1) is 11.8 Å². The number of hydrazine groups is 1. The van der Waals surface area contributed by atoms with Crippen molar-refractivity contribution >= 4 is 33.8 Å². The molecule has 0 radical (unpaired) electrons. The second-order valence-electron chi connectivity index (χ2n) is 9.31. The van der Waals surface area contributed by atoms with Crippen molar-refractivity contribution in [1.82, 2.24) is 14.0 Å². The number of fused-ring (bicyclic) bond motifs is 1. The number of rotatable bonds is 9. The number of carbonyl (C=O) groups is 1. The largest absolute Gasteiger partial charge is 0.481 e. The molecule has 3 aromatic rings. The summed E-state index contributed by atoms with van der Waals surface area (Å²) >= 11 is -2.30. The molecule has 39 heavy (non-hydrogen) atoms. The first-order valence-corrected chi connectivity index (χ1v) is 13.7. The third-order valence-corrected chi connectivity index (χ3v) is 7.55. The minimum atomic E-state index is -2.30. The highest BCUT2D eigenvalue weighted by Gasteiger charge is 2.30. The Bertz CT molecular complexity index is 1450. The van der Waals surface area contributed by atoms with E-state index in [9.17, 15) is 18.4 Å². The average Bonchev–Trinajstić information content (AvgIpc) is 2.91. The molecule has 2 atom stereocenters. The van der Waals surface area contributed by atoms with Crippen LogP contribution < -0.4 is 10.5 Å². The molecule has 1 aliphatic rings. The zero-order valence-corrected chi connectivity index (χ0v) is 22.8. The van der Waals surface area contributed by atoms with Gasteiger partial charge in [-0.05, 0) is 54.8 Å². The molecule has 2 heterocycles. The van der Waals surface area contributed by atoms with E-state index in [0.717, 1.165) is 27.7 Å². The second kappa shape index (κ2) is 13.0.